The number of piperidine rings is 1. The summed E-state index contributed by atoms with van der Waals surface area (Å²) in [6.45, 7) is 1.47. The van der Waals surface area contributed by atoms with Gasteiger partial charge in [0, 0.05) is 24.2 Å². The number of hydrogen-bond donors (Lipinski definition) is 1. The summed E-state index contributed by atoms with van der Waals surface area (Å²) < 4.78 is 0. The van der Waals surface area contributed by atoms with E-state index >= 15 is 0 Å². The standard InChI is InChI=1S/C23H28Cl2N2O2/c24-17-1-2-19(20(25)10-17)21(28)26-18-3-5-27(6-4-18)22(29)23-11-14-7-15(12-23)9-16(8-14)13-23/h1-2,10,14-16,18H,3-9,11-13H2,(H,26,28). The number of benzene rings is 1. The van der Waals surface area contributed by atoms with Crippen molar-refractivity contribution in [3.63, 3.8) is 0 Å². The van der Waals surface area contributed by atoms with Crippen LogP contribution in [0.25, 0.3) is 0 Å². The number of nitrogens with one attached hydrogen (secondary N) is 1. The van der Waals surface area contributed by atoms with Crippen LogP contribution in [0.15, 0.2) is 18.2 Å². The molecule has 4 saturated carbocycles. The van der Waals surface area contributed by atoms with Gasteiger partial charge >= 0.3 is 0 Å². The van der Waals surface area contributed by atoms with E-state index in [4.69, 9.17) is 23.2 Å². The second kappa shape index (κ2) is 7.46. The molecule has 2 amide bonds. The molecule has 4 nitrogen and oxygen atoms in total. The lowest BCUT2D eigenvalue weighted by atomic mass is 9.49. The van der Waals surface area contributed by atoms with Crippen LogP contribution in [0.1, 0.15) is 61.7 Å². The summed E-state index contributed by atoms with van der Waals surface area (Å²) in [5.74, 6) is 2.59. The Hall–Kier alpha value is -1.26. The molecule has 6 heteroatoms. The van der Waals surface area contributed by atoms with Crippen LogP contribution in [0.5, 0.6) is 0 Å². The minimum absolute atomic E-state index is 0.0678. The van der Waals surface area contributed by atoms with E-state index in [1.54, 1.807) is 18.2 Å². The first-order chi connectivity index (χ1) is 13.9. The molecule has 0 atom stereocenters. The third-order valence-corrected chi connectivity index (χ3v) is 8.33. The van der Waals surface area contributed by atoms with Crippen molar-refractivity contribution >= 4 is 35.0 Å². The van der Waals surface area contributed by atoms with Gasteiger partial charge in [-0.3, -0.25) is 9.59 Å². The molecule has 4 bridgehead atoms. The molecular formula is C23H28Cl2N2O2. The third kappa shape index (κ3) is 3.67. The van der Waals surface area contributed by atoms with E-state index in [1.165, 1.54) is 19.3 Å². The number of carbonyl (C=O) groups excluding carboxylic acids is 2. The lowest BCUT2D eigenvalue weighted by Crippen LogP contribution is -2.56. The van der Waals surface area contributed by atoms with Crippen molar-refractivity contribution < 1.29 is 9.59 Å². The zero-order valence-electron chi connectivity index (χ0n) is 16.6. The Labute approximate surface area is 182 Å². The smallest absolute Gasteiger partial charge is 0.253 e. The highest BCUT2D eigenvalue weighted by Crippen LogP contribution is 2.60. The van der Waals surface area contributed by atoms with Gasteiger partial charge in [0.25, 0.3) is 5.91 Å². The van der Waals surface area contributed by atoms with E-state index in [9.17, 15) is 9.59 Å². The highest BCUT2D eigenvalue weighted by Gasteiger charge is 2.55. The topological polar surface area (TPSA) is 49.4 Å². The highest BCUT2D eigenvalue weighted by molar-refractivity contribution is 6.36. The Balaban J connectivity index is 1.19. The van der Waals surface area contributed by atoms with Crippen molar-refractivity contribution in [2.24, 2.45) is 23.2 Å². The van der Waals surface area contributed by atoms with Crippen LogP contribution in [-0.2, 0) is 4.79 Å². The maximum Gasteiger partial charge on any atom is 0.253 e. The number of nitrogens with zero attached hydrogens (tertiary/aromatic N) is 1. The molecule has 29 heavy (non-hydrogen) atoms. The molecule has 1 aliphatic heterocycles. The number of likely N-dealkylation sites (tertiary alicyclic amines) is 1. The first kappa shape index (κ1) is 19.7. The molecule has 4 aliphatic carbocycles. The molecule has 1 aromatic carbocycles. The van der Waals surface area contributed by atoms with Crippen LogP contribution in [0.4, 0.5) is 0 Å². The van der Waals surface area contributed by atoms with Gasteiger partial charge in [-0.25, -0.2) is 0 Å². The Morgan fingerprint density at radius 1 is 0.966 bits per heavy atom. The molecule has 0 spiro atoms. The summed E-state index contributed by atoms with van der Waals surface area (Å²) in [4.78, 5) is 28.1. The Morgan fingerprint density at radius 3 is 2.10 bits per heavy atom. The van der Waals surface area contributed by atoms with Crippen LogP contribution in [0, 0.1) is 23.2 Å². The molecule has 1 aromatic rings. The fourth-order valence-corrected chi connectivity index (χ4v) is 7.37. The van der Waals surface area contributed by atoms with Crippen molar-refractivity contribution in [1.29, 1.82) is 0 Å². The van der Waals surface area contributed by atoms with Gasteiger partial charge in [0.15, 0.2) is 0 Å². The zero-order valence-corrected chi connectivity index (χ0v) is 18.1. The molecule has 5 fully saturated rings. The number of hydrogen-bond acceptors (Lipinski definition) is 2. The Kier molecular flexibility index (Phi) is 5.06. The number of halogens is 2. The molecular weight excluding hydrogens is 407 g/mol. The molecule has 1 saturated heterocycles. The average molecular weight is 435 g/mol. The van der Waals surface area contributed by atoms with Crippen molar-refractivity contribution in [2.75, 3.05) is 13.1 Å². The Bertz CT molecular complexity index is 797. The molecule has 0 radical (unpaired) electrons. The lowest BCUT2D eigenvalue weighted by Gasteiger charge is -2.57. The fourth-order valence-electron chi connectivity index (χ4n) is 6.87. The van der Waals surface area contributed by atoms with Gasteiger partial charge in [-0.2, -0.15) is 0 Å². The zero-order chi connectivity index (χ0) is 20.2. The summed E-state index contributed by atoms with van der Waals surface area (Å²) in [5, 5.41) is 3.97. The first-order valence-corrected chi connectivity index (χ1v) is 11.7. The predicted octanol–water partition coefficient (Wildman–Crippen LogP) is 4.93. The monoisotopic (exact) mass is 434 g/mol. The second-order valence-corrected chi connectivity index (χ2v) is 10.7. The van der Waals surface area contributed by atoms with E-state index in [0.717, 1.165) is 62.9 Å². The third-order valence-electron chi connectivity index (χ3n) is 7.79. The minimum Gasteiger partial charge on any atom is -0.349 e. The van der Waals surface area contributed by atoms with Crippen molar-refractivity contribution in [2.45, 2.75) is 57.4 Å². The summed E-state index contributed by atoms with van der Waals surface area (Å²) in [7, 11) is 0. The van der Waals surface area contributed by atoms with Gasteiger partial charge < -0.3 is 10.2 Å². The van der Waals surface area contributed by atoms with Crippen LogP contribution in [0.3, 0.4) is 0 Å². The van der Waals surface area contributed by atoms with Crippen LogP contribution in [0.2, 0.25) is 10.0 Å². The second-order valence-electron chi connectivity index (χ2n) is 9.86. The molecule has 5 aliphatic rings. The number of carbonyl (C=O) groups is 2. The van der Waals surface area contributed by atoms with Crippen LogP contribution in [-0.4, -0.2) is 35.8 Å². The van der Waals surface area contributed by atoms with E-state index < -0.39 is 0 Å². The summed E-state index contributed by atoms with van der Waals surface area (Å²) >= 11 is 12.1. The van der Waals surface area contributed by atoms with E-state index in [0.29, 0.717) is 21.5 Å². The average Bonchev–Trinajstić information content (AvgIpc) is 2.67. The van der Waals surface area contributed by atoms with Crippen molar-refractivity contribution in [3.05, 3.63) is 33.8 Å². The van der Waals surface area contributed by atoms with Crippen molar-refractivity contribution in [3.8, 4) is 0 Å². The van der Waals surface area contributed by atoms with E-state index in [2.05, 4.69) is 10.2 Å². The fraction of sp³-hybridized carbons (Fsp3) is 0.652. The predicted molar refractivity (Wildman–Crippen MR) is 114 cm³/mol. The van der Waals surface area contributed by atoms with Crippen LogP contribution >= 0.6 is 23.2 Å². The van der Waals surface area contributed by atoms with Gasteiger partial charge in [-0.05, 0) is 87.3 Å². The quantitative estimate of drug-likeness (QED) is 0.732. The maximum atomic E-state index is 13.5. The van der Waals surface area contributed by atoms with Gasteiger partial charge in [0.1, 0.15) is 0 Å². The molecule has 1 heterocycles. The lowest BCUT2D eigenvalue weighted by molar-refractivity contribution is -0.158. The molecule has 6 rings (SSSR count). The maximum absolute atomic E-state index is 13.5. The summed E-state index contributed by atoms with van der Waals surface area (Å²) in [6.07, 6.45) is 9.01. The van der Waals surface area contributed by atoms with Crippen LogP contribution < -0.4 is 5.32 Å². The molecule has 156 valence electrons. The largest absolute Gasteiger partial charge is 0.349 e. The summed E-state index contributed by atoms with van der Waals surface area (Å²) in [5.41, 5.74) is 0.380. The van der Waals surface area contributed by atoms with Gasteiger partial charge in [-0.1, -0.05) is 23.2 Å². The van der Waals surface area contributed by atoms with Crippen molar-refractivity contribution in [1.82, 2.24) is 10.2 Å². The number of amides is 2. The van der Waals surface area contributed by atoms with Gasteiger partial charge in [0.2, 0.25) is 5.91 Å². The Morgan fingerprint density at radius 2 is 1.55 bits per heavy atom. The van der Waals surface area contributed by atoms with E-state index in [-0.39, 0.29) is 17.4 Å². The SMILES string of the molecule is O=C(NC1CCN(C(=O)C23CC4CC(CC(C4)C2)C3)CC1)c1ccc(Cl)cc1Cl. The number of rotatable bonds is 3. The molecule has 0 unspecified atom stereocenters. The summed E-state index contributed by atoms with van der Waals surface area (Å²) in [6, 6.07) is 5.00. The minimum atomic E-state index is -0.169. The first-order valence-electron chi connectivity index (χ1n) is 11.0. The van der Waals surface area contributed by atoms with E-state index in [1.807, 2.05) is 0 Å². The highest BCUT2D eigenvalue weighted by atomic mass is 35.5. The van der Waals surface area contributed by atoms with Gasteiger partial charge in [-0.15, -0.1) is 0 Å². The molecule has 0 aromatic heterocycles. The van der Waals surface area contributed by atoms with Gasteiger partial charge in [0.05, 0.1) is 16.0 Å². The normalized spacial score (nSPS) is 33.7. The molecule has 1 N–H and O–H groups in total.